The van der Waals surface area contributed by atoms with Gasteiger partial charge in [0.1, 0.15) is 6.04 Å². The maximum Gasteiger partial charge on any atom is 0.262 e. The van der Waals surface area contributed by atoms with Gasteiger partial charge in [0, 0.05) is 36.7 Å². The molecule has 8 nitrogen and oxygen atoms in total. The summed E-state index contributed by atoms with van der Waals surface area (Å²) in [5, 5.41) is 2.22. The Balaban J connectivity index is 1.41. The van der Waals surface area contributed by atoms with Crippen LogP contribution in [0.5, 0.6) is 0 Å². The molecule has 4 amide bonds. The van der Waals surface area contributed by atoms with Gasteiger partial charge in [-0.3, -0.25) is 29.4 Å². The highest BCUT2D eigenvalue weighted by Gasteiger charge is 2.47. The molecule has 152 valence electrons. The van der Waals surface area contributed by atoms with Gasteiger partial charge in [0.2, 0.25) is 11.8 Å². The van der Waals surface area contributed by atoms with Gasteiger partial charge in [-0.2, -0.15) is 0 Å². The molecular weight excluding hydrogens is 372 g/mol. The molecular formula is C21H24N4O4. The van der Waals surface area contributed by atoms with Crippen molar-refractivity contribution in [3.63, 3.8) is 0 Å². The molecule has 2 saturated heterocycles. The van der Waals surface area contributed by atoms with Crippen molar-refractivity contribution in [1.82, 2.24) is 10.2 Å². The number of nitrogens with two attached hydrogens (primary N) is 1. The topological polar surface area (TPSA) is 113 Å². The van der Waals surface area contributed by atoms with Crippen LogP contribution in [0.4, 0.5) is 5.69 Å². The molecule has 8 heteroatoms. The lowest BCUT2D eigenvalue weighted by Gasteiger charge is -2.53. The van der Waals surface area contributed by atoms with E-state index in [1.165, 1.54) is 6.42 Å². The minimum absolute atomic E-state index is 0.116. The predicted molar refractivity (Wildman–Crippen MR) is 104 cm³/mol. The summed E-state index contributed by atoms with van der Waals surface area (Å²) in [4.78, 5) is 52.7. The van der Waals surface area contributed by atoms with Crippen molar-refractivity contribution in [2.24, 2.45) is 11.1 Å². The van der Waals surface area contributed by atoms with Crippen LogP contribution in [-0.2, 0) is 9.59 Å². The monoisotopic (exact) mass is 396 g/mol. The fraction of sp³-hybridized carbons (Fsp3) is 0.524. The van der Waals surface area contributed by atoms with Crippen LogP contribution in [0.1, 0.15) is 59.2 Å². The van der Waals surface area contributed by atoms with Crippen molar-refractivity contribution in [2.75, 3.05) is 18.0 Å². The largest absolute Gasteiger partial charge is 0.371 e. The minimum Gasteiger partial charge on any atom is -0.371 e. The summed E-state index contributed by atoms with van der Waals surface area (Å²) in [6.07, 6.45) is 4.67. The van der Waals surface area contributed by atoms with Gasteiger partial charge in [-0.15, -0.1) is 0 Å². The average molecular weight is 396 g/mol. The van der Waals surface area contributed by atoms with Crippen LogP contribution in [0.25, 0.3) is 0 Å². The zero-order valence-electron chi connectivity index (χ0n) is 16.1. The molecule has 4 aliphatic rings. The molecule has 1 spiro atoms. The molecule has 0 radical (unpaired) electrons. The minimum atomic E-state index is -0.935. The average Bonchev–Trinajstić information content (AvgIpc) is 2.91. The standard InChI is InChI=1S/C21H24N4O4/c22-16-6-9-24(11-21(16)7-1-8-21)12-2-3-13-14(10-12)20(29)25(19(13)28)15-4-5-17(26)23-18(15)27/h2-3,10,15-16H,1,4-9,11,22H2,(H,23,26,27). The molecule has 3 aliphatic heterocycles. The molecule has 0 aromatic heterocycles. The van der Waals surface area contributed by atoms with Crippen molar-refractivity contribution >= 4 is 29.3 Å². The second kappa shape index (κ2) is 6.38. The number of amides is 4. The van der Waals surface area contributed by atoms with E-state index in [9.17, 15) is 19.2 Å². The molecule has 2 unspecified atom stereocenters. The fourth-order valence-corrected chi connectivity index (χ4v) is 5.21. The van der Waals surface area contributed by atoms with Gasteiger partial charge in [0.05, 0.1) is 11.1 Å². The smallest absolute Gasteiger partial charge is 0.262 e. The maximum atomic E-state index is 13.0. The molecule has 3 heterocycles. The van der Waals surface area contributed by atoms with Crippen molar-refractivity contribution < 1.29 is 19.2 Å². The number of hydrogen-bond acceptors (Lipinski definition) is 6. The molecule has 29 heavy (non-hydrogen) atoms. The van der Waals surface area contributed by atoms with Crippen LogP contribution in [0, 0.1) is 5.41 Å². The van der Waals surface area contributed by atoms with Crippen LogP contribution in [0.2, 0.25) is 0 Å². The van der Waals surface area contributed by atoms with Gasteiger partial charge in [-0.1, -0.05) is 6.42 Å². The molecule has 0 bridgehead atoms. The van der Waals surface area contributed by atoms with Crippen LogP contribution in [0.15, 0.2) is 18.2 Å². The number of carbonyl (C=O) groups is 4. The van der Waals surface area contributed by atoms with E-state index < -0.39 is 23.8 Å². The van der Waals surface area contributed by atoms with Gasteiger partial charge in [-0.05, 0) is 43.9 Å². The van der Waals surface area contributed by atoms with E-state index in [0.717, 1.165) is 42.9 Å². The highest BCUT2D eigenvalue weighted by Crippen LogP contribution is 2.47. The lowest BCUT2D eigenvalue weighted by atomic mass is 9.61. The number of benzene rings is 1. The summed E-state index contributed by atoms with van der Waals surface area (Å²) in [6.45, 7) is 1.69. The Hall–Kier alpha value is -2.74. The summed E-state index contributed by atoms with van der Waals surface area (Å²) in [5.41, 5.74) is 8.09. The highest BCUT2D eigenvalue weighted by molar-refractivity contribution is 6.23. The Morgan fingerprint density at radius 2 is 1.79 bits per heavy atom. The SMILES string of the molecule is NC1CCN(c2ccc3c(c2)C(=O)N(C2CCC(=O)NC2=O)C3=O)CC12CCC2. The molecule has 2 atom stereocenters. The molecule has 3 N–H and O–H groups in total. The first kappa shape index (κ1) is 18.3. The fourth-order valence-electron chi connectivity index (χ4n) is 5.21. The number of fused-ring (bicyclic) bond motifs is 1. The Kier molecular flexibility index (Phi) is 4.03. The number of nitrogens with zero attached hydrogens (tertiary/aromatic N) is 2. The lowest BCUT2D eigenvalue weighted by Crippen LogP contribution is -2.58. The zero-order valence-corrected chi connectivity index (χ0v) is 16.1. The number of piperidine rings is 2. The van der Waals surface area contributed by atoms with Crippen molar-refractivity contribution in [3.05, 3.63) is 29.3 Å². The van der Waals surface area contributed by atoms with Crippen LogP contribution < -0.4 is 16.0 Å². The maximum absolute atomic E-state index is 13.0. The summed E-state index contributed by atoms with van der Waals surface area (Å²) < 4.78 is 0. The number of nitrogens with one attached hydrogen (secondary N) is 1. The Morgan fingerprint density at radius 3 is 2.48 bits per heavy atom. The first-order valence-corrected chi connectivity index (χ1v) is 10.3. The van der Waals surface area contributed by atoms with E-state index in [2.05, 4.69) is 10.2 Å². The summed E-state index contributed by atoms with van der Waals surface area (Å²) in [6, 6.07) is 4.60. The predicted octanol–water partition coefficient (Wildman–Crippen LogP) is 0.795. The van der Waals surface area contributed by atoms with Gasteiger partial charge in [0.25, 0.3) is 11.8 Å². The van der Waals surface area contributed by atoms with Gasteiger partial charge < -0.3 is 10.6 Å². The Bertz CT molecular complexity index is 939. The van der Waals surface area contributed by atoms with E-state index >= 15 is 0 Å². The van der Waals surface area contributed by atoms with E-state index in [1.54, 1.807) is 12.1 Å². The van der Waals surface area contributed by atoms with Crippen molar-refractivity contribution in [1.29, 1.82) is 0 Å². The quantitative estimate of drug-likeness (QED) is 0.715. The van der Waals surface area contributed by atoms with Gasteiger partial charge in [0.15, 0.2) is 0 Å². The number of rotatable bonds is 2. The van der Waals surface area contributed by atoms with Crippen LogP contribution in [-0.4, -0.2) is 53.7 Å². The van der Waals surface area contributed by atoms with E-state index in [4.69, 9.17) is 5.73 Å². The van der Waals surface area contributed by atoms with Crippen LogP contribution >= 0.6 is 0 Å². The van der Waals surface area contributed by atoms with E-state index in [-0.39, 0.29) is 30.2 Å². The van der Waals surface area contributed by atoms with Gasteiger partial charge in [-0.25, -0.2) is 0 Å². The Morgan fingerprint density at radius 1 is 1.03 bits per heavy atom. The molecule has 1 aromatic carbocycles. The summed E-state index contributed by atoms with van der Waals surface area (Å²) in [5.74, 6) is -1.90. The zero-order chi connectivity index (χ0) is 20.3. The van der Waals surface area contributed by atoms with Crippen molar-refractivity contribution in [2.45, 2.75) is 50.6 Å². The number of hydrogen-bond donors (Lipinski definition) is 2. The van der Waals surface area contributed by atoms with E-state index in [1.807, 2.05) is 6.07 Å². The third-order valence-corrected chi connectivity index (χ3v) is 7.14. The molecule has 1 saturated carbocycles. The number of anilines is 1. The summed E-state index contributed by atoms with van der Waals surface area (Å²) >= 11 is 0. The highest BCUT2D eigenvalue weighted by atomic mass is 16.2. The number of carbonyl (C=O) groups excluding carboxylic acids is 4. The van der Waals surface area contributed by atoms with Crippen molar-refractivity contribution in [3.8, 4) is 0 Å². The van der Waals surface area contributed by atoms with E-state index in [0.29, 0.717) is 11.1 Å². The lowest BCUT2D eigenvalue weighted by molar-refractivity contribution is -0.136. The molecule has 1 aromatic rings. The van der Waals surface area contributed by atoms with Gasteiger partial charge >= 0.3 is 0 Å². The third-order valence-electron chi connectivity index (χ3n) is 7.14. The Labute approximate surface area is 168 Å². The first-order valence-electron chi connectivity index (χ1n) is 10.3. The first-order chi connectivity index (χ1) is 13.9. The summed E-state index contributed by atoms with van der Waals surface area (Å²) in [7, 11) is 0. The molecule has 5 rings (SSSR count). The third kappa shape index (κ3) is 2.69. The molecule has 1 aliphatic carbocycles. The molecule has 3 fully saturated rings. The number of imide groups is 2. The second-order valence-corrected chi connectivity index (χ2v) is 8.71. The normalized spacial score (nSPS) is 28.4. The second-order valence-electron chi connectivity index (χ2n) is 8.71. The van der Waals surface area contributed by atoms with Crippen LogP contribution in [0.3, 0.4) is 0 Å².